The van der Waals surface area contributed by atoms with Crippen LogP contribution in [0.4, 0.5) is 0 Å². The molecule has 2 heterocycles. The van der Waals surface area contributed by atoms with Gasteiger partial charge in [0.1, 0.15) is 18.4 Å². The topological polar surface area (TPSA) is 156 Å². The third kappa shape index (κ3) is 6.18. The third-order valence-corrected chi connectivity index (χ3v) is 6.43. The molecule has 5 rings (SSSR count). The molecule has 1 aliphatic heterocycles. The van der Waals surface area contributed by atoms with Crippen molar-refractivity contribution in [2.45, 2.75) is 31.5 Å². The molecule has 1 aromatic heterocycles. The molecule has 1 aliphatic rings. The Morgan fingerprint density at radius 3 is 1.76 bits per heavy atom. The molecule has 12 nitrogen and oxygen atoms in total. The second-order valence-electron chi connectivity index (χ2n) is 9.29. The summed E-state index contributed by atoms with van der Waals surface area (Å²) in [6, 6.07) is 24.3. The van der Waals surface area contributed by atoms with E-state index in [-0.39, 0.29) is 22.4 Å². The minimum absolute atomic E-state index is 0.0666. The van der Waals surface area contributed by atoms with Crippen LogP contribution in [0.5, 0.6) is 0 Å². The fraction of sp³-hybridized carbons (Fsp3) is 0.200. The Kier molecular flexibility index (Phi) is 8.34. The SMILES string of the molecule is Cc1nn([C@H]2O[C@@H](COC(=O)c3ccccc3)[C@@H](OC(=O)c3ccccc3)[C@@H]2OC(=O)c2ccccc2)c(=O)[nH]c1=O. The molecule has 1 fully saturated rings. The molecule has 0 spiro atoms. The quantitative estimate of drug-likeness (QED) is 0.246. The van der Waals surface area contributed by atoms with E-state index in [0.29, 0.717) is 0 Å². The maximum atomic E-state index is 13.2. The highest BCUT2D eigenvalue weighted by atomic mass is 16.7. The van der Waals surface area contributed by atoms with E-state index in [2.05, 4.69) is 10.1 Å². The van der Waals surface area contributed by atoms with Crippen molar-refractivity contribution in [3.05, 3.63) is 134 Å². The second-order valence-corrected chi connectivity index (χ2v) is 9.29. The molecule has 214 valence electrons. The van der Waals surface area contributed by atoms with Crippen molar-refractivity contribution in [3.8, 4) is 0 Å². The van der Waals surface area contributed by atoms with Crippen LogP contribution in [-0.2, 0) is 18.9 Å². The fourth-order valence-corrected chi connectivity index (χ4v) is 4.32. The predicted molar refractivity (Wildman–Crippen MR) is 146 cm³/mol. The first-order valence-corrected chi connectivity index (χ1v) is 12.9. The van der Waals surface area contributed by atoms with Gasteiger partial charge in [-0.3, -0.25) is 9.78 Å². The molecule has 12 heteroatoms. The summed E-state index contributed by atoms with van der Waals surface area (Å²) in [6.07, 6.45) is -5.47. The number of benzene rings is 3. The van der Waals surface area contributed by atoms with Gasteiger partial charge in [0.25, 0.3) is 5.56 Å². The Labute approximate surface area is 238 Å². The fourth-order valence-electron chi connectivity index (χ4n) is 4.32. The van der Waals surface area contributed by atoms with Crippen LogP contribution in [0.2, 0.25) is 0 Å². The van der Waals surface area contributed by atoms with Crippen molar-refractivity contribution in [1.29, 1.82) is 0 Å². The molecule has 4 aromatic rings. The van der Waals surface area contributed by atoms with E-state index in [4.69, 9.17) is 18.9 Å². The number of carbonyl (C=O) groups is 3. The van der Waals surface area contributed by atoms with Gasteiger partial charge in [-0.15, -0.1) is 0 Å². The third-order valence-electron chi connectivity index (χ3n) is 6.43. The van der Waals surface area contributed by atoms with Crippen molar-refractivity contribution >= 4 is 17.9 Å². The molecule has 1 N–H and O–H groups in total. The molecule has 0 radical (unpaired) electrons. The van der Waals surface area contributed by atoms with Crippen molar-refractivity contribution < 1.29 is 33.3 Å². The maximum Gasteiger partial charge on any atom is 0.347 e. The van der Waals surface area contributed by atoms with E-state index in [1.54, 1.807) is 66.7 Å². The monoisotopic (exact) mass is 571 g/mol. The minimum atomic E-state index is -1.46. The van der Waals surface area contributed by atoms with Crippen molar-refractivity contribution in [2.75, 3.05) is 6.61 Å². The number of nitrogens with one attached hydrogen (secondary N) is 1. The van der Waals surface area contributed by atoms with Gasteiger partial charge in [0.2, 0.25) is 0 Å². The van der Waals surface area contributed by atoms with Gasteiger partial charge in [-0.05, 0) is 43.3 Å². The normalized spacial score (nSPS) is 19.5. The molecule has 0 bridgehead atoms. The standard InChI is InChI=1S/C30H25N3O9/c1-18-25(34)31-30(38)33(32-18)26-24(42-29(37)21-15-9-4-10-16-21)23(41-28(36)20-13-7-3-8-14-20)22(40-26)17-39-27(35)19-11-5-2-6-12-19/h2-16,22-24,26H,17H2,1H3,(H,31,34,38)/t22-,23+,24-,26-/m0/s1. The summed E-state index contributed by atoms with van der Waals surface area (Å²) in [5, 5.41) is 4.03. The van der Waals surface area contributed by atoms with Crippen LogP contribution < -0.4 is 11.2 Å². The van der Waals surface area contributed by atoms with E-state index in [1.165, 1.54) is 31.2 Å². The summed E-state index contributed by atoms with van der Waals surface area (Å²) in [5.41, 5.74) is -1.08. The number of aryl methyl sites for hydroxylation is 1. The number of H-pyrrole nitrogens is 1. The number of ether oxygens (including phenoxy) is 4. The van der Waals surface area contributed by atoms with Gasteiger partial charge in [-0.25, -0.2) is 19.2 Å². The number of esters is 3. The first-order chi connectivity index (χ1) is 20.3. The molecular formula is C30H25N3O9. The molecule has 0 aliphatic carbocycles. The zero-order chi connectivity index (χ0) is 29.6. The highest BCUT2D eigenvalue weighted by Crippen LogP contribution is 2.34. The zero-order valence-corrected chi connectivity index (χ0v) is 22.2. The highest BCUT2D eigenvalue weighted by molar-refractivity contribution is 5.91. The lowest BCUT2D eigenvalue weighted by molar-refractivity contribution is -0.0701. The van der Waals surface area contributed by atoms with Crippen LogP contribution in [0.1, 0.15) is 43.0 Å². The van der Waals surface area contributed by atoms with Crippen LogP contribution in [-0.4, -0.2) is 57.6 Å². The van der Waals surface area contributed by atoms with Crippen molar-refractivity contribution in [1.82, 2.24) is 14.8 Å². The van der Waals surface area contributed by atoms with Gasteiger partial charge in [0.05, 0.1) is 16.7 Å². The second kappa shape index (κ2) is 12.4. The van der Waals surface area contributed by atoms with Gasteiger partial charge in [-0.2, -0.15) is 9.78 Å². The first kappa shape index (κ1) is 28.2. The predicted octanol–water partition coefficient (Wildman–Crippen LogP) is 2.45. The largest absolute Gasteiger partial charge is 0.459 e. The molecule has 0 unspecified atom stereocenters. The number of nitrogens with zero attached hydrogens (tertiary/aromatic N) is 2. The number of hydrogen-bond acceptors (Lipinski definition) is 10. The summed E-state index contributed by atoms with van der Waals surface area (Å²) in [4.78, 5) is 66.0. The number of aromatic amines is 1. The lowest BCUT2D eigenvalue weighted by Crippen LogP contribution is -2.44. The van der Waals surface area contributed by atoms with Gasteiger partial charge in [0, 0.05) is 0 Å². The zero-order valence-electron chi connectivity index (χ0n) is 22.2. The first-order valence-electron chi connectivity index (χ1n) is 12.9. The van der Waals surface area contributed by atoms with Gasteiger partial charge >= 0.3 is 23.6 Å². The average molecular weight is 572 g/mol. The average Bonchev–Trinajstić information content (AvgIpc) is 3.34. The Balaban J connectivity index is 1.52. The van der Waals surface area contributed by atoms with E-state index in [1.807, 2.05) is 0 Å². The lowest BCUT2D eigenvalue weighted by Gasteiger charge is -2.24. The molecule has 1 saturated heterocycles. The van der Waals surface area contributed by atoms with Crippen LogP contribution in [0, 0.1) is 6.92 Å². The Morgan fingerprint density at radius 2 is 1.24 bits per heavy atom. The smallest absolute Gasteiger partial charge is 0.347 e. The van der Waals surface area contributed by atoms with E-state index in [9.17, 15) is 24.0 Å². The summed E-state index contributed by atoms with van der Waals surface area (Å²) < 4.78 is 23.9. The molecular weight excluding hydrogens is 546 g/mol. The van der Waals surface area contributed by atoms with Crippen molar-refractivity contribution in [2.24, 2.45) is 0 Å². The maximum absolute atomic E-state index is 13.2. The number of rotatable bonds is 8. The molecule has 3 aromatic carbocycles. The Morgan fingerprint density at radius 1 is 0.762 bits per heavy atom. The highest BCUT2D eigenvalue weighted by Gasteiger charge is 2.52. The summed E-state index contributed by atoms with van der Waals surface area (Å²) in [7, 11) is 0. The summed E-state index contributed by atoms with van der Waals surface area (Å²) in [5.74, 6) is -2.25. The minimum Gasteiger partial charge on any atom is -0.459 e. The van der Waals surface area contributed by atoms with Crippen LogP contribution in [0.25, 0.3) is 0 Å². The van der Waals surface area contributed by atoms with Gasteiger partial charge in [-0.1, -0.05) is 54.6 Å². The molecule has 0 saturated carbocycles. The number of aromatic nitrogens is 3. The van der Waals surface area contributed by atoms with E-state index < -0.39 is 60.3 Å². The summed E-state index contributed by atoms with van der Waals surface area (Å²) >= 11 is 0. The number of carbonyl (C=O) groups excluding carboxylic acids is 3. The van der Waals surface area contributed by atoms with Crippen LogP contribution in [0.3, 0.4) is 0 Å². The van der Waals surface area contributed by atoms with E-state index >= 15 is 0 Å². The van der Waals surface area contributed by atoms with E-state index in [0.717, 1.165) is 4.68 Å². The van der Waals surface area contributed by atoms with Gasteiger partial charge in [0.15, 0.2) is 18.4 Å². The van der Waals surface area contributed by atoms with Crippen molar-refractivity contribution in [3.63, 3.8) is 0 Å². The molecule has 42 heavy (non-hydrogen) atoms. The van der Waals surface area contributed by atoms with Crippen LogP contribution in [0.15, 0.2) is 101 Å². The summed E-state index contributed by atoms with van der Waals surface area (Å²) in [6.45, 7) is 0.939. The molecule has 4 atom stereocenters. The Hall–Kier alpha value is -5.36. The number of hydrogen-bond donors (Lipinski definition) is 1. The lowest BCUT2D eigenvalue weighted by atomic mass is 10.1. The Bertz CT molecular complexity index is 1690. The van der Waals surface area contributed by atoms with Gasteiger partial charge < -0.3 is 18.9 Å². The molecule has 0 amide bonds. The van der Waals surface area contributed by atoms with Crippen LogP contribution >= 0.6 is 0 Å².